The Hall–Kier alpha value is -0.610. The van der Waals surface area contributed by atoms with Crippen LogP contribution in [0.5, 0.6) is 0 Å². The van der Waals surface area contributed by atoms with Crippen molar-refractivity contribution in [1.82, 2.24) is 4.98 Å². The van der Waals surface area contributed by atoms with Gasteiger partial charge in [0.25, 0.3) is 5.56 Å². The average molecular weight is 205 g/mol. The van der Waals surface area contributed by atoms with E-state index < -0.39 is 0 Å². The highest BCUT2D eigenvalue weighted by atomic mass is 79.9. The lowest BCUT2D eigenvalue weighted by molar-refractivity contribution is 1.02. The molecule has 3 N–H and O–H groups in total. The van der Waals surface area contributed by atoms with E-state index in [2.05, 4.69) is 4.98 Å². The average Bonchev–Trinajstić information content (AvgIpc) is 1.89. The van der Waals surface area contributed by atoms with Gasteiger partial charge in [-0.1, -0.05) is 6.07 Å². The van der Waals surface area contributed by atoms with Crippen LogP contribution in [0.25, 0.3) is 0 Å². The molecular weight excluding hydrogens is 196 g/mol. The summed E-state index contributed by atoms with van der Waals surface area (Å²) < 4.78 is 0. The molecule has 0 aromatic carbocycles. The second-order valence-corrected chi connectivity index (χ2v) is 1.73. The highest BCUT2D eigenvalue weighted by molar-refractivity contribution is 8.93. The zero-order chi connectivity index (χ0) is 6.69. The van der Waals surface area contributed by atoms with Crippen molar-refractivity contribution in [3.05, 3.63) is 34.2 Å². The van der Waals surface area contributed by atoms with E-state index in [9.17, 15) is 4.79 Å². The maximum Gasteiger partial charge on any atom is 0.252 e. The van der Waals surface area contributed by atoms with Crippen molar-refractivity contribution < 1.29 is 0 Å². The molecule has 0 aliphatic carbocycles. The fraction of sp³-hybridized carbons (Fsp3) is 0.167. The maximum atomic E-state index is 10.7. The van der Waals surface area contributed by atoms with Gasteiger partial charge in [0.2, 0.25) is 0 Å². The third kappa shape index (κ3) is 1.97. The minimum atomic E-state index is -0.0972. The summed E-state index contributed by atoms with van der Waals surface area (Å²) in [6.07, 6.45) is 1.58. The number of nitrogens with one attached hydrogen (secondary N) is 1. The molecule has 0 unspecified atom stereocenters. The van der Waals surface area contributed by atoms with E-state index in [0.717, 1.165) is 0 Å². The molecule has 0 saturated heterocycles. The van der Waals surface area contributed by atoms with Crippen molar-refractivity contribution in [1.29, 1.82) is 0 Å². The van der Waals surface area contributed by atoms with Crippen molar-refractivity contribution >= 4 is 17.0 Å². The molecule has 1 rings (SSSR count). The summed E-state index contributed by atoms with van der Waals surface area (Å²) >= 11 is 0. The Morgan fingerprint density at radius 2 is 2.30 bits per heavy atom. The highest BCUT2D eigenvalue weighted by Gasteiger charge is 1.90. The standard InChI is InChI=1S/C6H8N2O.BrH/c7-4-5-2-1-3-8-6(5)9;/h1-3H,4,7H2,(H,8,9);1H. The van der Waals surface area contributed by atoms with E-state index in [-0.39, 0.29) is 22.5 Å². The van der Waals surface area contributed by atoms with Crippen LogP contribution in [-0.2, 0) is 6.54 Å². The quantitative estimate of drug-likeness (QED) is 0.697. The number of halogens is 1. The van der Waals surface area contributed by atoms with Gasteiger partial charge >= 0.3 is 0 Å². The largest absolute Gasteiger partial charge is 0.329 e. The van der Waals surface area contributed by atoms with Gasteiger partial charge in [0.15, 0.2) is 0 Å². The molecule has 0 bridgehead atoms. The molecule has 0 spiro atoms. The van der Waals surface area contributed by atoms with E-state index in [1.54, 1.807) is 18.3 Å². The van der Waals surface area contributed by atoms with Crippen molar-refractivity contribution in [2.24, 2.45) is 5.73 Å². The molecular formula is C6H9BrN2O. The molecule has 0 fully saturated rings. The number of rotatable bonds is 1. The van der Waals surface area contributed by atoms with Crippen molar-refractivity contribution in [3.63, 3.8) is 0 Å². The first-order valence-electron chi connectivity index (χ1n) is 2.71. The first-order valence-corrected chi connectivity index (χ1v) is 2.71. The van der Waals surface area contributed by atoms with Gasteiger partial charge in [0, 0.05) is 18.3 Å². The molecule has 3 nitrogen and oxygen atoms in total. The van der Waals surface area contributed by atoms with E-state index in [1.165, 1.54) is 0 Å². The second-order valence-electron chi connectivity index (χ2n) is 1.73. The summed E-state index contributed by atoms with van der Waals surface area (Å²) in [5, 5.41) is 0. The number of pyridine rings is 1. The summed E-state index contributed by atoms with van der Waals surface area (Å²) in [5.41, 5.74) is 5.76. The lowest BCUT2D eigenvalue weighted by atomic mass is 10.3. The van der Waals surface area contributed by atoms with Gasteiger partial charge in [-0.3, -0.25) is 4.79 Å². The van der Waals surface area contributed by atoms with Crippen LogP contribution in [0, 0.1) is 0 Å². The SMILES string of the molecule is Br.NCc1ccc[nH]c1=O. The van der Waals surface area contributed by atoms with E-state index >= 15 is 0 Å². The first-order chi connectivity index (χ1) is 4.34. The highest BCUT2D eigenvalue weighted by Crippen LogP contribution is 1.83. The van der Waals surface area contributed by atoms with Crippen LogP contribution < -0.4 is 11.3 Å². The lowest BCUT2D eigenvalue weighted by Gasteiger charge is -1.89. The fourth-order valence-corrected chi connectivity index (χ4v) is 0.617. The minimum absolute atomic E-state index is 0. The molecule has 0 radical (unpaired) electrons. The molecule has 0 atom stereocenters. The number of H-pyrrole nitrogens is 1. The number of hydrogen-bond donors (Lipinski definition) is 2. The van der Waals surface area contributed by atoms with Crippen molar-refractivity contribution in [2.75, 3.05) is 0 Å². The van der Waals surface area contributed by atoms with Gasteiger partial charge < -0.3 is 10.7 Å². The van der Waals surface area contributed by atoms with Crippen LogP contribution in [0.15, 0.2) is 23.1 Å². The molecule has 1 heterocycles. The Labute approximate surface area is 69.0 Å². The Bertz CT molecular complexity index is 246. The fourth-order valence-electron chi connectivity index (χ4n) is 0.617. The third-order valence-electron chi connectivity index (χ3n) is 1.12. The van der Waals surface area contributed by atoms with E-state index in [0.29, 0.717) is 12.1 Å². The number of hydrogen-bond acceptors (Lipinski definition) is 2. The van der Waals surface area contributed by atoms with Crippen LogP contribution in [-0.4, -0.2) is 4.98 Å². The van der Waals surface area contributed by atoms with Crippen LogP contribution in [0.4, 0.5) is 0 Å². The van der Waals surface area contributed by atoms with E-state index in [1.807, 2.05) is 0 Å². The normalized spacial score (nSPS) is 8.50. The number of aromatic nitrogens is 1. The summed E-state index contributed by atoms with van der Waals surface area (Å²) in [6.45, 7) is 0.302. The van der Waals surface area contributed by atoms with Crippen molar-refractivity contribution in [2.45, 2.75) is 6.54 Å². The molecule has 10 heavy (non-hydrogen) atoms. The molecule has 0 amide bonds. The van der Waals surface area contributed by atoms with Crippen LogP contribution in [0.3, 0.4) is 0 Å². The van der Waals surface area contributed by atoms with Gasteiger partial charge in [0.05, 0.1) is 0 Å². The molecule has 0 aliphatic heterocycles. The molecule has 1 aromatic rings. The lowest BCUT2D eigenvalue weighted by Crippen LogP contribution is -2.14. The predicted octanol–water partition coefficient (Wildman–Crippen LogP) is 0.412. The van der Waals surface area contributed by atoms with Crippen LogP contribution in [0.2, 0.25) is 0 Å². The third-order valence-corrected chi connectivity index (χ3v) is 1.12. The summed E-state index contributed by atoms with van der Waals surface area (Å²) in [4.78, 5) is 13.2. The summed E-state index contributed by atoms with van der Waals surface area (Å²) in [7, 11) is 0. The van der Waals surface area contributed by atoms with Gasteiger partial charge in [-0.05, 0) is 6.07 Å². The molecule has 1 aromatic heterocycles. The summed E-state index contributed by atoms with van der Waals surface area (Å²) in [6, 6.07) is 3.46. The second kappa shape index (κ2) is 4.24. The van der Waals surface area contributed by atoms with Gasteiger partial charge in [-0.2, -0.15) is 0 Å². The summed E-state index contributed by atoms with van der Waals surface area (Å²) in [5.74, 6) is 0. The number of nitrogens with two attached hydrogens (primary N) is 1. The Kier molecular flexibility index (Phi) is 3.99. The number of aromatic amines is 1. The van der Waals surface area contributed by atoms with E-state index in [4.69, 9.17) is 5.73 Å². The molecule has 56 valence electrons. The Balaban J connectivity index is 0.000000810. The van der Waals surface area contributed by atoms with Crippen LogP contribution >= 0.6 is 17.0 Å². The van der Waals surface area contributed by atoms with Gasteiger partial charge in [0.1, 0.15) is 0 Å². The zero-order valence-electron chi connectivity index (χ0n) is 5.33. The monoisotopic (exact) mass is 204 g/mol. The van der Waals surface area contributed by atoms with Crippen molar-refractivity contribution in [3.8, 4) is 0 Å². The van der Waals surface area contributed by atoms with Gasteiger partial charge in [-0.15, -0.1) is 17.0 Å². The maximum absolute atomic E-state index is 10.7. The van der Waals surface area contributed by atoms with Crippen LogP contribution in [0.1, 0.15) is 5.56 Å². The molecule has 0 saturated carbocycles. The topological polar surface area (TPSA) is 58.9 Å². The van der Waals surface area contributed by atoms with Gasteiger partial charge in [-0.25, -0.2) is 0 Å². The first kappa shape index (κ1) is 9.39. The molecule has 0 aliphatic rings. The Morgan fingerprint density at radius 1 is 1.60 bits per heavy atom. The minimum Gasteiger partial charge on any atom is -0.329 e. The zero-order valence-corrected chi connectivity index (χ0v) is 7.05. The molecule has 4 heteroatoms. The predicted molar refractivity (Wildman–Crippen MR) is 45.3 cm³/mol. The smallest absolute Gasteiger partial charge is 0.252 e. The Morgan fingerprint density at radius 3 is 2.70 bits per heavy atom.